The number of amides is 1. The number of nitrogens with zero attached hydrogens (tertiary/aromatic N) is 2. The highest BCUT2D eigenvalue weighted by atomic mass is 32.2. The molecule has 27 heavy (non-hydrogen) atoms. The van der Waals surface area contributed by atoms with Crippen molar-refractivity contribution in [2.24, 2.45) is 0 Å². The molecule has 1 unspecified atom stereocenters. The summed E-state index contributed by atoms with van der Waals surface area (Å²) in [5.74, 6) is 0.0949. The lowest BCUT2D eigenvalue weighted by molar-refractivity contribution is 0.102. The molecule has 0 bridgehead atoms. The number of carbonyl (C=O) groups is 1. The average molecular weight is 388 g/mol. The smallest absolute Gasteiger partial charge is 0.274 e. The Morgan fingerprint density at radius 3 is 2.78 bits per heavy atom. The molecule has 1 amide bonds. The van der Waals surface area contributed by atoms with Crippen LogP contribution in [0.2, 0.25) is 0 Å². The minimum Gasteiger partial charge on any atom is -0.370 e. The minimum absolute atomic E-state index is 0.0728. The number of hydrogen-bond donors (Lipinski definition) is 1. The summed E-state index contributed by atoms with van der Waals surface area (Å²) in [4.78, 5) is 18.9. The first-order chi connectivity index (χ1) is 12.8. The summed E-state index contributed by atoms with van der Waals surface area (Å²) in [6.45, 7) is 4.01. The maximum Gasteiger partial charge on any atom is 0.274 e. The molecule has 6 nitrogen and oxygen atoms in total. The van der Waals surface area contributed by atoms with E-state index in [1.165, 1.54) is 0 Å². The number of para-hydroxylation sites is 1. The molecular weight excluding hydrogens is 362 g/mol. The lowest BCUT2D eigenvalue weighted by Gasteiger charge is -2.25. The van der Waals surface area contributed by atoms with Crippen LogP contribution in [0, 0.1) is 6.92 Å². The van der Waals surface area contributed by atoms with E-state index in [1.807, 2.05) is 44.0 Å². The molecule has 0 radical (unpaired) electrons. The number of rotatable bonds is 5. The Morgan fingerprint density at radius 2 is 2.11 bits per heavy atom. The van der Waals surface area contributed by atoms with E-state index < -0.39 is 9.84 Å². The number of sulfone groups is 1. The van der Waals surface area contributed by atoms with Crippen LogP contribution in [0.25, 0.3) is 0 Å². The fourth-order valence-corrected chi connectivity index (χ4v) is 5.21. The van der Waals surface area contributed by atoms with E-state index in [-0.39, 0.29) is 23.5 Å². The maximum absolute atomic E-state index is 12.7. The Morgan fingerprint density at radius 1 is 1.33 bits per heavy atom. The van der Waals surface area contributed by atoms with Gasteiger partial charge in [-0.1, -0.05) is 25.1 Å². The molecule has 144 valence electrons. The van der Waals surface area contributed by atoms with Crippen LogP contribution in [0.1, 0.15) is 35.0 Å². The number of nitrogens with one attached hydrogen (secondary N) is 1. The molecule has 0 spiro atoms. The Balaban J connectivity index is 1.80. The lowest BCUT2D eigenvalue weighted by Crippen LogP contribution is -2.32. The molecule has 2 aromatic rings. The van der Waals surface area contributed by atoms with Crippen molar-refractivity contribution in [3.63, 3.8) is 0 Å². The second-order valence-electron chi connectivity index (χ2n) is 6.98. The van der Waals surface area contributed by atoms with Gasteiger partial charge >= 0.3 is 0 Å². The van der Waals surface area contributed by atoms with E-state index in [0.717, 1.165) is 28.9 Å². The standard InChI is InChI=1S/C20H25N3O3S/c1-4-15-7-5-6-14(2)19(15)22-20(24)18-12-16(8-10-21-18)23(3)17-9-11-27(25,26)13-17/h5-8,10,12,17H,4,9,11,13H2,1-3H3,(H,22,24). The van der Waals surface area contributed by atoms with Gasteiger partial charge in [0.25, 0.3) is 5.91 Å². The summed E-state index contributed by atoms with van der Waals surface area (Å²) in [6, 6.07) is 9.38. The molecule has 0 saturated carbocycles. The van der Waals surface area contributed by atoms with E-state index in [1.54, 1.807) is 18.3 Å². The largest absolute Gasteiger partial charge is 0.370 e. The van der Waals surface area contributed by atoms with E-state index in [0.29, 0.717) is 12.1 Å². The molecular formula is C20H25N3O3S. The van der Waals surface area contributed by atoms with Crippen molar-refractivity contribution in [1.82, 2.24) is 4.98 Å². The molecule has 2 heterocycles. The van der Waals surface area contributed by atoms with Gasteiger partial charge < -0.3 is 10.2 Å². The molecule has 1 fully saturated rings. The molecule has 1 atom stereocenters. The SMILES string of the molecule is CCc1cccc(C)c1NC(=O)c1cc(N(C)C2CCS(=O)(=O)C2)ccn1. The number of aryl methyl sites for hydroxylation is 2. The van der Waals surface area contributed by atoms with E-state index in [9.17, 15) is 13.2 Å². The number of aromatic nitrogens is 1. The first-order valence-electron chi connectivity index (χ1n) is 9.10. The van der Waals surface area contributed by atoms with Gasteiger partial charge in [0.15, 0.2) is 9.84 Å². The van der Waals surface area contributed by atoms with Crippen LogP contribution in [0.15, 0.2) is 36.5 Å². The topological polar surface area (TPSA) is 79.4 Å². The van der Waals surface area contributed by atoms with Crippen molar-refractivity contribution in [2.75, 3.05) is 28.8 Å². The summed E-state index contributed by atoms with van der Waals surface area (Å²) in [6.07, 6.45) is 3.01. The third-order valence-electron chi connectivity index (χ3n) is 5.12. The fourth-order valence-electron chi connectivity index (χ4n) is 3.43. The second kappa shape index (κ2) is 7.68. The second-order valence-corrected chi connectivity index (χ2v) is 9.21. The highest BCUT2D eigenvalue weighted by Gasteiger charge is 2.31. The van der Waals surface area contributed by atoms with Gasteiger partial charge in [-0.05, 0) is 43.0 Å². The van der Waals surface area contributed by atoms with Crippen LogP contribution in [0.4, 0.5) is 11.4 Å². The Labute approximate surface area is 160 Å². The van der Waals surface area contributed by atoms with Crippen molar-refractivity contribution >= 4 is 27.1 Å². The van der Waals surface area contributed by atoms with Gasteiger partial charge in [0.1, 0.15) is 5.69 Å². The molecule has 1 aromatic heterocycles. The summed E-state index contributed by atoms with van der Waals surface area (Å²) >= 11 is 0. The minimum atomic E-state index is -2.96. The monoisotopic (exact) mass is 387 g/mol. The zero-order chi connectivity index (χ0) is 19.6. The van der Waals surface area contributed by atoms with Crippen LogP contribution in [0.3, 0.4) is 0 Å². The highest BCUT2D eigenvalue weighted by Crippen LogP contribution is 2.25. The highest BCUT2D eigenvalue weighted by molar-refractivity contribution is 7.91. The molecule has 1 aromatic carbocycles. The number of pyridine rings is 1. The van der Waals surface area contributed by atoms with Crippen molar-refractivity contribution < 1.29 is 13.2 Å². The molecule has 1 aliphatic rings. The van der Waals surface area contributed by atoms with Crippen molar-refractivity contribution in [1.29, 1.82) is 0 Å². The Hall–Kier alpha value is -2.41. The lowest BCUT2D eigenvalue weighted by atomic mass is 10.1. The van der Waals surface area contributed by atoms with Gasteiger partial charge in [-0.15, -0.1) is 0 Å². The predicted octanol–water partition coefficient (Wildman–Crippen LogP) is 2.83. The first-order valence-corrected chi connectivity index (χ1v) is 10.9. The summed E-state index contributed by atoms with van der Waals surface area (Å²) < 4.78 is 23.5. The van der Waals surface area contributed by atoms with E-state index >= 15 is 0 Å². The van der Waals surface area contributed by atoms with Crippen LogP contribution >= 0.6 is 0 Å². The third-order valence-corrected chi connectivity index (χ3v) is 6.87. The molecule has 7 heteroatoms. The molecule has 1 saturated heterocycles. The summed E-state index contributed by atoms with van der Waals surface area (Å²) in [5, 5.41) is 2.98. The van der Waals surface area contributed by atoms with Crippen molar-refractivity contribution in [3.8, 4) is 0 Å². The molecule has 3 rings (SSSR count). The number of hydrogen-bond acceptors (Lipinski definition) is 5. The molecule has 0 aliphatic carbocycles. The summed E-state index contributed by atoms with van der Waals surface area (Å²) in [5.41, 5.74) is 4.01. The Kier molecular flexibility index (Phi) is 5.51. The maximum atomic E-state index is 12.7. The third kappa shape index (κ3) is 4.30. The first kappa shape index (κ1) is 19.4. The predicted molar refractivity (Wildman–Crippen MR) is 108 cm³/mol. The Bertz CT molecular complexity index is 957. The molecule has 1 N–H and O–H groups in total. The fraction of sp³-hybridized carbons (Fsp3) is 0.400. The average Bonchev–Trinajstić information content (AvgIpc) is 3.02. The van der Waals surface area contributed by atoms with Gasteiger partial charge in [0.2, 0.25) is 0 Å². The van der Waals surface area contributed by atoms with Gasteiger partial charge in [-0.3, -0.25) is 9.78 Å². The van der Waals surface area contributed by atoms with Crippen molar-refractivity contribution in [3.05, 3.63) is 53.3 Å². The van der Waals surface area contributed by atoms with Gasteiger partial charge in [-0.25, -0.2) is 8.42 Å². The number of benzene rings is 1. The van der Waals surface area contributed by atoms with Crippen LogP contribution in [0.5, 0.6) is 0 Å². The summed E-state index contributed by atoms with van der Waals surface area (Å²) in [7, 11) is -1.10. The van der Waals surface area contributed by atoms with Gasteiger partial charge in [0, 0.05) is 30.7 Å². The van der Waals surface area contributed by atoms with Gasteiger partial charge in [-0.2, -0.15) is 0 Å². The zero-order valence-corrected chi connectivity index (χ0v) is 16.7. The zero-order valence-electron chi connectivity index (χ0n) is 15.9. The van der Waals surface area contributed by atoms with Gasteiger partial charge in [0.05, 0.1) is 11.5 Å². The molecule has 1 aliphatic heterocycles. The number of anilines is 2. The normalized spacial score (nSPS) is 18.3. The van der Waals surface area contributed by atoms with Crippen molar-refractivity contribution in [2.45, 2.75) is 32.7 Å². The van der Waals surface area contributed by atoms with E-state index in [4.69, 9.17) is 0 Å². The quantitative estimate of drug-likeness (QED) is 0.853. The van der Waals surface area contributed by atoms with E-state index in [2.05, 4.69) is 10.3 Å². The van der Waals surface area contributed by atoms with Crippen LogP contribution in [-0.4, -0.2) is 43.9 Å². The van der Waals surface area contributed by atoms with Crippen LogP contribution < -0.4 is 10.2 Å². The van der Waals surface area contributed by atoms with Crippen LogP contribution in [-0.2, 0) is 16.3 Å². The number of carbonyl (C=O) groups excluding carboxylic acids is 1.